The topological polar surface area (TPSA) is 135 Å². The molecule has 0 bridgehead atoms. The van der Waals surface area contributed by atoms with Gasteiger partial charge in [0, 0.05) is 23.4 Å². The highest BCUT2D eigenvalue weighted by Gasteiger charge is 2.36. The number of aromatic carboxylic acids is 1. The molecule has 1 saturated heterocycles. The number of halogens is 1. The lowest BCUT2D eigenvalue weighted by Crippen LogP contribution is -2.36. The van der Waals surface area contributed by atoms with Crippen LogP contribution in [0.3, 0.4) is 0 Å². The first-order valence-corrected chi connectivity index (χ1v) is 11.6. The Morgan fingerprint density at radius 2 is 1.89 bits per heavy atom. The summed E-state index contributed by atoms with van der Waals surface area (Å²) in [5.41, 5.74) is 0.831. The molecule has 10 nitrogen and oxygen atoms in total. The van der Waals surface area contributed by atoms with E-state index < -0.39 is 29.6 Å². The van der Waals surface area contributed by atoms with Gasteiger partial charge in [0.25, 0.3) is 11.1 Å². The van der Waals surface area contributed by atoms with E-state index in [1.54, 1.807) is 30.3 Å². The number of furan rings is 1. The first-order chi connectivity index (χ1) is 17.3. The maximum atomic E-state index is 12.8. The van der Waals surface area contributed by atoms with Crippen LogP contribution in [0.4, 0.5) is 10.5 Å². The SMILES string of the molecule is O=C(CN1C(=O)S/C(=C\c2ccc(-c3cc(C(=O)O)ccc3Cl)o2)C1=O)Nc1ccc2c(c1)OCO2. The lowest BCUT2D eigenvalue weighted by Gasteiger charge is -2.12. The second-order valence-electron chi connectivity index (χ2n) is 7.59. The first-order valence-electron chi connectivity index (χ1n) is 10.4. The number of benzene rings is 2. The molecule has 1 fully saturated rings. The van der Waals surface area contributed by atoms with Crippen molar-refractivity contribution in [2.24, 2.45) is 0 Å². The molecule has 0 atom stereocenters. The summed E-state index contributed by atoms with van der Waals surface area (Å²) in [4.78, 5) is 49.8. The predicted octanol–water partition coefficient (Wildman–Crippen LogP) is 4.70. The number of amides is 3. The number of imide groups is 1. The van der Waals surface area contributed by atoms with Crippen LogP contribution in [0.5, 0.6) is 11.5 Å². The van der Waals surface area contributed by atoms with Gasteiger partial charge in [-0.1, -0.05) is 11.6 Å². The molecule has 12 heteroatoms. The van der Waals surface area contributed by atoms with Crippen LogP contribution in [-0.4, -0.2) is 46.4 Å². The maximum Gasteiger partial charge on any atom is 0.335 e. The molecule has 0 saturated carbocycles. The van der Waals surface area contributed by atoms with Crippen LogP contribution in [0, 0.1) is 0 Å². The van der Waals surface area contributed by atoms with Crippen molar-refractivity contribution in [3.8, 4) is 22.8 Å². The highest BCUT2D eigenvalue weighted by molar-refractivity contribution is 8.18. The molecule has 1 aromatic heterocycles. The normalized spacial score (nSPS) is 15.6. The third-order valence-electron chi connectivity index (χ3n) is 5.21. The number of rotatable bonds is 6. The quantitative estimate of drug-likeness (QED) is 0.438. The van der Waals surface area contributed by atoms with E-state index in [0.29, 0.717) is 34.5 Å². The van der Waals surface area contributed by atoms with Gasteiger partial charge in [-0.2, -0.15) is 0 Å². The average Bonchev–Trinajstić information content (AvgIpc) is 3.56. The fourth-order valence-corrected chi connectivity index (χ4v) is 4.54. The minimum atomic E-state index is -1.11. The predicted molar refractivity (Wildman–Crippen MR) is 130 cm³/mol. The third kappa shape index (κ3) is 4.66. The highest BCUT2D eigenvalue weighted by atomic mass is 35.5. The van der Waals surface area contributed by atoms with Crippen LogP contribution < -0.4 is 14.8 Å². The van der Waals surface area contributed by atoms with Gasteiger partial charge >= 0.3 is 5.97 Å². The Bertz CT molecular complexity index is 1460. The van der Waals surface area contributed by atoms with E-state index in [2.05, 4.69) is 5.32 Å². The smallest absolute Gasteiger partial charge is 0.335 e. The molecule has 0 spiro atoms. The molecule has 3 amide bonds. The van der Waals surface area contributed by atoms with Crippen LogP contribution in [0.1, 0.15) is 16.1 Å². The minimum absolute atomic E-state index is 0.0347. The van der Waals surface area contributed by atoms with Gasteiger partial charge < -0.3 is 24.3 Å². The Balaban J connectivity index is 1.28. The number of nitrogens with zero attached hydrogens (tertiary/aromatic N) is 1. The molecule has 36 heavy (non-hydrogen) atoms. The second-order valence-corrected chi connectivity index (χ2v) is 8.99. The molecule has 0 unspecified atom stereocenters. The molecule has 3 heterocycles. The van der Waals surface area contributed by atoms with E-state index >= 15 is 0 Å². The number of carboxylic acids is 1. The number of carbonyl (C=O) groups is 4. The van der Waals surface area contributed by atoms with Crippen molar-refractivity contribution < 1.29 is 38.2 Å². The Hall–Kier alpha value is -4.22. The zero-order valence-corrected chi connectivity index (χ0v) is 19.7. The Morgan fingerprint density at radius 3 is 2.69 bits per heavy atom. The van der Waals surface area contributed by atoms with Gasteiger partial charge in [-0.25, -0.2) is 4.79 Å². The molecular weight excluding hydrogens is 512 g/mol. The number of ether oxygens (including phenoxy) is 2. The zero-order chi connectivity index (χ0) is 25.4. The van der Waals surface area contributed by atoms with E-state index in [1.807, 2.05) is 0 Å². The van der Waals surface area contributed by atoms with E-state index in [1.165, 1.54) is 24.3 Å². The van der Waals surface area contributed by atoms with Crippen molar-refractivity contribution in [3.05, 3.63) is 69.8 Å². The number of hydrogen-bond acceptors (Lipinski definition) is 8. The number of fused-ring (bicyclic) bond motifs is 1. The van der Waals surface area contributed by atoms with Gasteiger partial charge in [-0.3, -0.25) is 19.3 Å². The zero-order valence-electron chi connectivity index (χ0n) is 18.1. The molecule has 2 aromatic carbocycles. The van der Waals surface area contributed by atoms with Crippen molar-refractivity contribution in [1.82, 2.24) is 4.90 Å². The van der Waals surface area contributed by atoms with Gasteiger partial charge in [-0.15, -0.1) is 0 Å². The van der Waals surface area contributed by atoms with Crippen LogP contribution in [-0.2, 0) is 9.59 Å². The molecule has 2 aliphatic rings. The van der Waals surface area contributed by atoms with Crippen LogP contribution >= 0.6 is 23.4 Å². The van der Waals surface area contributed by atoms with Crippen molar-refractivity contribution in [2.45, 2.75) is 0 Å². The molecule has 0 aliphatic carbocycles. The molecule has 2 aliphatic heterocycles. The summed E-state index contributed by atoms with van der Waals surface area (Å²) in [6.07, 6.45) is 1.37. The first kappa shape index (κ1) is 23.5. The van der Waals surface area contributed by atoms with Crippen LogP contribution in [0.15, 0.2) is 57.9 Å². The Kier molecular flexibility index (Phi) is 6.17. The summed E-state index contributed by atoms with van der Waals surface area (Å²) in [5.74, 6) is -0.747. The average molecular weight is 527 g/mol. The van der Waals surface area contributed by atoms with Gasteiger partial charge in [0.05, 0.1) is 15.5 Å². The van der Waals surface area contributed by atoms with E-state index in [4.69, 9.17) is 25.5 Å². The molecule has 3 aromatic rings. The monoisotopic (exact) mass is 526 g/mol. The molecule has 5 rings (SSSR count). The van der Waals surface area contributed by atoms with Crippen LogP contribution in [0.2, 0.25) is 5.02 Å². The number of thioether (sulfide) groups is 1. The standard InChI is InChI=1S/C24H15ClN2O8S/c25-16-4-1-12(23(30)31)7-15(16)17-6-3-14(35-17)9-20-22(29)27(24(32)36-20)10-21(28)26-13-2-5-18-19(8-13)34-11-33-18/h1-9H,10-11H2,(H,26,28)(H,30,31)/b20-9-. The van der Waals surface area contributed by atoms with Crippen LogP contribution in [0.25, 0.3) is 17.4 Å². The van der Waals surface area contributed by atoms with Crippen molar-refractivity contribution in [3.63, 3.8) is 0 Å². The lowest BCUT2D eigenvalue weighted by molar-refractivity contribution is -0.127. The number of nitrogens with one attached hydrogen (secondary N) is 1. The summed E-state index contributed by atoms with van der Waals surface area (Å²) < 4.78 is 16.2. The highest BCUT2D eigenvalue weighted by Crippen LogP contribution is 2.36. The van der Waals surface area contributed by atoms with Crippen molar-refractivity contribution in [2.75, 3.05) is 18.7 Å². The van der Waals surface area contributed by atoms with Gasteiger partial charge in [0.1, 0.15) is 18.1 Å². The summed E-state index contributed by atoms with van der Waals surface area (Å²) in [7, 11) is 0. The van der Waals surface area contributed by atoms with Gasteiger partial charge in [-0.05, 0) is 54.2 Å². The minimum Gasteiger partial charge on any atom is -0.478 e. The van der Waals surface area contributed by atoms with Gasteiger partial charge in [0.15, 0.2) is 11.5 Å². The number of carbonyl (C=O) groups excluding carboxylic acids is 3. The van der Waals surface area contributed by atoms with Crippen molar-refractivity contribution >= 4 is 58.1 Å². The van der Waals surface area contributed by atoms with Gasteiger partial charge in [0.2, 0.25) is 12.7 Å². The summed E-state index contributed by atoms with van der Waals surface area (Å²) >= 11 is 6.86. The lowest BCUT2D eigenvalue weighted by atomic mass is 10.1. The molecule has 182 valence electrons. The summed E-state index contributed by atoms with van der Waals surface area (Å²) in [5, 5.41) is 11.5. The summed E-state index contributed by atoms with van der Waals surface area (Å²) in [6.45, 7) is -0.383. The fraction of sp³-hybridized carbons (Fsp3) is 0.0833. The molecular formula is C24H15ClN2O8S. The van der Waals surface area contributed by atoms with E-state index in [9.17, 15) is 24.3 Å². The number of hydrogen-bond donors (Lipinski definition) is 2. The number of anilines is 1. The van der Waals surface area contributed by atoms with Crippen molar-refractivity contribution in [1.29, 1.82) is 0 Å². The number of carboxylic acid groups (broad SMARTS) is 1. The molecule has 0 radical (unpaired) electrons. The fourth-order valence-electron chi connectivity index (χ4n) is 3.51. The third-order valence-corrected chi connectivity index (χ3v) is 6.45. The maximum absolute atomic E-state index is 12.8. The molecule has 2 N–H and O–H groups in total. The van der Waals surface area contributed by atoms with E-state index in [-0.39, 0.29) is 33.8 Å². The largest absolute Gasteiger partial charge is 0.478 e. The Labute approximate surface area is 212 Å². The second kappa shape index (κ2) is 9.44. The Morgan fingerprint density at radius 1 is 1.08 bits per heavy atom. The summed E-state index contributed by atoms with van der Waals surface area (Å²) in [6, 6.07) is 12.2. The van der Waals surface area contributed by atoms with E-state index in [0.717, 1.165) is 4.90 Å².